The Morgan fingerprint density at radius 1 is 1.25 bits per heavy atom. The molecule has 0 aliphatic heterocycles. The SMILES string of the molecule is CCCC(CCN)CNC(=O)c1ccc(N(C)C)cc1. The van der Waals surface area contributed by atoms with Crippen molar-refractivity contribution in [2.45, 2.75) is 26.2 Å². The molecule has 4 heteroatoms. The van der Waals surface area contributed by atoms with Crippen LogP contribution >= 0.6 is 0 Å². The Labute approximate surface area is 122 Å². The predicted octanol–water partition coefficient (Wildman–Crippen LogP) is 2.25. The van der Waals surface area contributed by atoms with Crippen molar-refractivity contribution in [2.75, 3.05) is 32.1 Å². The van der Waals surface area contributed by atoms with E-state index in [4.69, 9.17) is 5.73 Å². The minimum atomic E-state index is -0.00608. The smallest absolute Gasteiger partial charge is 0.251 e. The van der Waals surface area contributed by atoms with Gasteiger partial charge in [-0.25, -0.2) is 0 Å². The van der Waals surface area contributed by atoms with Crippen LogP contribution in [0.25, 0.3) is 0 Å². The number of anilines is 1. The van der Waals surface area contributed by atoms with Crippen LogP contribution in [0.15, 0.2) is 24.3 Å². The summed E-state index contributed by atoms with van der Waals surface area (Å²) in [7, 11) is 3.97. The van der Waals surface area contributed by atoms with Gasteiger partial charge >= 0.3 is 0 Å². The van der Waals surface area contributed by atoms with Crippen molar-refractivity contribution in [2.24, 2.45) is 11.7 Å². The van der Waals surface area contributed by atoms with E-state index in [2.05, 4.69) is 12.2 Å². The normalized spacial score (nSPS) is 12.0. The minimum Gasteiger partial charge on any atom is -0.378 e. The van der Waals surface area contributed by atoms with Crippen LogP contribution < -0.4 is 16.0 Å². The average molecular weight is 277 g/mol. The van der Waals surface area contributed by atoms with Crippen molar-refractivity contribution < 1.29 is 4.79 Å². The highest BCUT2D eigenvalue weighted by atomic mass is 16.1. The first-order valence-electron chi connectivity index (χ1n) is 7.34. The molecule has 0 bridgehead atoms. The van der Waals surface area contributed by atoms with Crippen molar-refractivity contribution in [1.29, 1.82) is 0 Å². The first-order valence-corrected chi connectivity index (χ1v) is 7.34. The van der Waals surface area contributed by atoms with Crippen LogP contribution in [0.4, 0.5) is 5.69 Å². The van der Waals surface area contributed by atoms with E-state index in [-0.39, 0.29) is 5.91 Å². The third-order valence-corrected chi connectivity index (χ3v) is 3.47. The van der Waals surface area contributed by atoms with Gasteiger partial charge in [0.15, 0.2) is 0 Å². The summed E-state index contributed by atoms with van der Waals surface area (Å²) in [6.45, 7) is 3.54. The molecule has 0 aromatic heterocycles. The van der Waals surface area contributed by atoms with E-state index in [9.17, 15) is 4.79 Å². The summed E-state index contributed by atoms with van der Waals surface area (Å²) in [5.41, 5.74) is 7.40. The molecular formula is C16H27N3O. The van der Waals surface area contributed by atoms with E-state index in [1.807, 2.05) is 43.3 Å². The van der Waals surface area contributed by atoms with E-state index in [0.717, 1.165) is 24.9 Å². The molecule has 1 unspecified atom stereocenters. The number of benzene rings is 1. The van der Waals surface area contributed by atoms with Crippen LogP contribution in [-0.4, -0.2) is 33.1 Å². The van der Waals surface area contributed by atoms with Gasteiger partial charge in [-0.15, -0.1) is 0 Å². The number of amides is 1. The van der Waals surface area contributed by atoms with Gasteiger partial charge in [-0.2, -0.15) is 0 Å². The largest absolute Gasteiger partial charge is 0.378 e. The molecule has 1 atom stereocenters. The molecule has 0 saturated carbocycles. The number of carbonyl (C=O) groups excluding carboxylic acids is 1. The predicted molar refractivity (Wildman–Crippen MR) is 85.2 cm³/mol. The fourth-order valence-corrected chi connectivity index (χ4v) is 2.24. The number of rotatable bonds is 8. The maximum Gasteiger partial charge on any atom is 0.251 e. The monoisotopic (exact) mass is 277 g/mol. The summed E-state index contributed by atoms with van der Waals surface area (Å²) in [6, 6.07) is 7.64. The molecular weight excluding hydrogens is 250 g/mol. The maximum atomic E-state index is 12.1. The van der Waals surface area contributed by atoms with Crippen LogP contribution in [-0.2, 0) is 0 Å². The number of nitrogens with two attached hydrogens (primary N) is 1. The zero-order chi connectivity index (χ0) is 15.0. The Balaban J connectivity index is 2.53. The Morgan fingerprint density at radius 3 is 2.40 bits per heavy atom. The third kappa shape index (κ3) is 5.21. The minimum absolute atomic E-state index is 0.00608. The Hall–Kier alpha value is -1.55. The summed E-state index contributed by atoms with van der Waals surface area (Å²) in [5, 5.41) is 3.01. The van der Waals surface area contributed by atoms with E-state index < -0.39 is 0 Å². The molecule has 112 valence electrons. The van der Waals surface area contributed by atoms with Gasteiger partial charge in [0.2, 0.25) is 0 Å². The summed E-state index contributed by atoms with van der Waals surface area (Å²) in [5.74, 6) is 0.475. The fourth-order valence-electron chi connectivity index (χ4n) is 2.24. The van der Waals surface area contributed by atoms with Crippen molar-refractivity contribution in [3.63, 3.8) is 0 Å². The first-order chi connectivity index (χ1) is 9.58. The molecule has 20 heavy (non-hydrogen) atoms. The molecule has 0 spiro atoms. The van der Waals surface area contributed by atoms with Crippen LogP contribution in [0.2, 0.25) is 0 Å². The summed E-state index contributed by atoms with van der Waals surface area (Å²) < 4.78 is 0. The maximum absolute atomic E-state index is 12.1. The Morgan fingerprint density at radius 2 is 1.90 bits per heavy atom. The van der Waals surface area contributed by atoms with Crippen molar-refractivity contribution in [3.8, 4) is 0 Å². The van der Waals surface area contributed by atoms with Gasteiger partial charge in [-0.05, 0) is 49.6 Å². The van der Waals surface area contributed by atoms with Crippen LogP contribution in [0.5, 0.6) is 0 Å². The van der Waals surface area contributed by atoms with E-state index in [1.54, 1.807) is 0 Å². The van der Waals surface area contributed by atoms with Crippen molar-refractivity contribution >= 4 is 11.6 Å². The molecule has 0 radical (unpaired) electrons. The molecule has 1 aromatic rings. The standard InChI is InChI=1S/C16H27N3O/c1-4-5-13(10-11-17)12-18-16(20)14-6-8-15(9-7-14)19(2)3/h6-9,13H,4-5,10-12,17H2,1-3H3,(H,18,20). The lowest BCUT2D eigenvalue weighted by molar-refractivity contribution is 0.0945. The highest BCUT2D eigenvalue weighted by molar-refractivity contribution is 5.94. The van der Waals surface area contributed by atoms with Gasteiger partial charge in [0, 0.05) is 31.9 Å². The zero-order valence-electron chi connectivity index (χ0n) is 12.9. The Bertz CT molecular complexity index is 395. The second-order valence-electron chi connectivity index (χ2n) is 5.38. The number of hydrogen-bond acceptors (Lipinski definition) is 3. The molecule has 1 aromatic carbocycles. The summed E-state index contributed by atoms with van der Waals surface area (Å²) >= 11 is 0. The van der Waals surface area contributed by atoms with Gasteiger partial charge in [0.1, 0.15) is 0 Å². The van der Waals surface area contributed by atoms with E-state index >= 15 is 0 Å². The number of nitrogens with one attached hydrogen (secondary N) is 1. The summed E-state index contributed by atoms with van der Waals surface area (Å²) in [6.07, 6.45) is 3.20. The van der Waals surface area contributed by atoms with Crippen LogP contribution in [0, 0.1) is 5.92 Å². The topological polar surface area (TPSA) is 58.4 Å². The first kappa shape index (κ1) is 16.5. The quantitative estimate of drug-likeness (QED) is 0.766. The number of nitrogens with zero attached hydrogens (tertiary/aromatic N) is 1. The van der Waals surface area contributed by atoms with Crippen molar-refractivity contribution in [1.82, 2.24) is 5.32 Å². The molecule has 3 N–H and O–H groups in total. The lowest BCUT2D eigenvalue weighted by atomic mass is 10.00. The van der Waals surface area contributed by atoms with Gasteiger partial charge in [0.05, 0.1) is 0 Å². The highest BCUT2D eigenvalue weighted by Crippen LogP contribution is 2.13. The second kappa shape index (κ2) is 8.59. The number of hydrogen-bond donors (Lipinski definition) is 2. The van der Waals surface area contributed by atoms with Crippen LogP contribution in [0.1, 0.15) is 36.5 Å². The molecule has 0 aliphatic rings. The second-order valence-corrected chi connectivity index (χ2v) is 5.38. The molecule has 4 nitrogen and oxygen atoms in total. The van der Waals surface area contributed by atoms with Crippen molar-refractivity contribution in [3.05, 3.63) is 29.8 Å². The highest BCUT2D eigenvalue weighted by Gasteiger charge is 2.10. The van der Waals surface area contributed by atoms with Gasteiger partial charge in [0.25, 0.3) is 5.91 Å². The van der Waals surface area contributed by atoms with E-state index in [0.29, 0.717) is 24.6 Å². The lowest BCUT2D eigenvalue weighted by Crippen LogP contribution is -2.30. The average Bonchev–Trinajstić information content (AvgIpc) is 2.45. The molecule has 0 aliphatic carbocycles. The lowest BCUT2D eigenvalue weighted by Gasteiger charge is -2.16. The van der Waals surface area contributed by atoms with Gasteiger partial charge < -0.3 is 16.0 Å². The zero-order valence-corrected chi connectivity index (χ0v) is 12.9. The number of carbonyl (C=O) groups is 1. The molecule has 1 amide bonds. The Kier molecular flexibility index (Phi) is 7.09. The molecule has 1 rings (SSSR count). The van der Waals surface area contributed by atoms with Gasteiger partial charge in [-0.3, -0.25) is 4.79 Å². The van der Waals surface area contributed by atoms with E-state index in [1.165, 1.54) is 0 Å². The molecule has 0 saturated heterocycles. The fraction of sp³-hybridized carbons (Fsp3) is 0.562. The molecule has 0 heterocycles. The van der Waals surface area contributed by atoms with Crippen LogP contribution in [0.3, 0.4) is 0 Å². The van der Waals surface area contributed by atoms with Gasteiger partial charge in [-0.1, -0.05) is 13.3 Å². The summed E-state index contributed by atoms with van der Waals surface area (Å²) in [4.78, 5) is 14.1. The third-order valence-electron chi connectivity index (χ3n) is 3.47. The molecule has 0 fully saturated rings.